The average molecular weight is 192 g/mol. The van der Waals surface area contributed by atoms with Crippen LogP contribution in [0, 0.1) is 16.2 Å². The van der Waals surface area contributed by atoms with Gasteiger partial charge in [-0.2, -0.15) is 0 Å². The first-order chi connectivity index (χ1) is 6.06. The molecular formula is C13H25B. The molecule has 80 valence electrons. The molecule has 1 heteroatoms. The Morgan fingerprint density at radius 1 is 1.00 bits per heavy atom. The van der Waals surface area contributed by atoms with Crippen LogP contribution in [0.2, 0.25) is 11.1 Å². The van der Waals surface area contributed by atoms with E-state index in [4.69, 9.17) is 0 Å². The number of rotatable bonds is 0. The third-order valence-electron chi connectivity index (χ3n) is 5.74. The minimum atomic E-state index is 0.466. The molecule has 0 bridgehead atoms. The van der Waals surface area contributed by atoms with E-state index in [0.29, 0.717) is 21.6 Å². The largest absolute Gasteiger partial charge is 0.132 e. The van der Waals surface area contributed by atoms with E-state index < -0.39 is 0 Å². The third kappa shape index (κ3) is 0.876. The van der Waals surface area contributed by atoms with Crippen molar-refractivity contribution in [1.82, 2.24) is 0 Å². The summed E-state index contributed by atoms with van der Waals surface area (Å²) in [6.45, 7) is 17.1. The SMILES string of the molecule is CC(C)(C)C1(C)CC2BC21C(C)(C)C. The molecule has 0 N–H and O–H groups in total. The Balaban J connectivity index is 2.35. The molecule has 0 aromatic heterocycles. The molecule has 0 amide bonds. The lowest BCUT2D eigenvalue weighted by Gasteiger charge is -2.62. The van der Waals surface area contributed by atoms with Crippen LogP contribution < -0.4 is 0 Å². The fourth-order valence-electron chi connectivity index (χ4n) is 4.52. The predicted octanol–water partition coefficient (Wildman–Crippen LogP) is 3.89. The van der Waals surface area contributed by atoms with Crippen molar-refractivity contribution < 1.29 is 0 Å². The van der Waals surface area contributed by atoms with Crippen LogP contribution in [-0.2, 0) is 0 Å². The molecular weight excluding hydrogens is 167 g/mol. The van der Waals surface area contributed by atoms with Gasteiger partial charge in [0.2, 0.25) is 0 Å². The summed E-state index contributed by atoms with van der Waals surface area (Å²) in [5.41, 5.74) is 1.54. The van der Waals surface area contributed by atoms with Crippen LogP contribution in [-0.4, -0.2) is 7.28 Å². The van der Waals surface area contributed by atoms with Gasteiger partial charge in [-0.3, -0.25) is 0 Å². The first-order valence-corrected chi connectivity index (χ1v) is 6.06. The summed E-state index contributed by atoms with van der Waals surface area (Å²) in [5.74, 6) is 1.05. The quantitative estimate of drug-likeness (QED) is 0.511. The van der Waals surface area contributed by atoms with Crippen LogP contribution in [0.1, 0.15) is 54.9 Å². The first-order valence-electron chi connectivity index (χ1n) is 6.06. The van der Waals surface area contributed by atoms with Crippen LogP contribution in [0.15, 0.2) is 0 Å². The van der Waals surface area contributed by atoms with Crippen molar-refractivity contribution in [1.29, 1.82) is 0 Å². The van der Waals surface area contributed by atoms with Gasteiger partial charge in [-0.15, -0.1) is 0 Å². The Kier molecular flexibility index (Phi) is 1.70. The van der Waals surface area contributed by atoms with Crippen molar-refractivity contribution in [3.63, 3.8) is 0 Å². The van der Waals surface area contributed by atoms with Gasteiger partial charge in [0.05, 0.1) is 0 Å². The van der Waals surface area contributed by atoms with Gasteiger partial charge in [0.25, 0.3) is 0 Å². The highest BCUT2D eigenvalue weighted by Crippen LogP contribution is 2.90. The van der Waals surface area contributed by atoms with Crippen LogP contribution in [0.3, 0.4) is 0 Å². The molecule has 1 saturated carbocycles. The molecule has 1 heterocycles. The normalized spacial score (nSPS) is 46.4. The van der Waals surface area contributed by atoms with E-state index >= 15 is 0 Å². The van der Waals surface area contributed by atoms with E-state index in [1.807, 2.05) is 0 Å². The lowest BCUT2D eigenvalue weighted by Crippen LogP contribution is -2.49. The second-order valence-corrected chi connectivity index (χ2v) is 7.91. The number of fused-ring (bicyclic) bond motifs is 1. The van der Waals surface area contributed by atoms with E-state index in [-0.39, 0.29) is 0 Å². The molecule has 3 atom stereocenters. The van der Waals surface area contributed by atoms with E-state index in [1.54, 1.807) is 0 Å². The summed E-state index contributed by atoms with van der Waals surface area (Å²) in [5, 5.41) is 0.665. The van der Waals surface area contributed by atoms with Gasteiger partial charge in [-0.25, -0.2) is 0 Å². The summed E-state index contributed by atoms with van der Waals surface area (Å²) in [4.78, 5) is 0. The first kappa shape index (κ1) is 10.6. The van der Waals surface area contributed by atoms with Crippen molar-refractivity contribution in [2.45, 2.75) is 66.0 Å². The minimum absolute atomic E-state index is 0.466. The fraction of sp³-hybridized carbons (Fsp3) is 1.00. The Morgan fingerprint density at radius 2 is 1.50 bits per heavy atom. The lowest BCUT2D eigenvalue weighted by atomic mass is 9.42. The molecule has 2 aliphatic rings. The Bertz CT molecular complexity index is 254. The highest BCUT2D eigenvalue weighted by Gasteiger charge is 2.80. The van der Waals surface area contributed by atoms with Crippen LogP contribution >= 0.6 is 0 Å². The maximum Gasteiger partial charge on any atom is 0.132 e. The molecule has 2 fully saturated rings. The summed E-state index contributed by atoms with van der Waals surface area (Å²) in [6.07, 6.45) is 1.47. The second kappa shape index (κ2) is 2.25. The zero-order chi connectivity index (χ0) is 11.0. The van der Waals surface area contributed by atoms with Gasteiger partial charge in [-0.1, -0.05) is 60.7 Å². The molecule has 0 nitrogen and oxygen atoms in total. The van der Waals surface area contributed by atoms with E-state index in [0.717, 1.165) is 5.82 Å². The van der Waals surface area contributed by atoms with Gasteiger partial charge in [0, 0.05) is 0 Å². The molecule has 0 aromatic carbocycles. The molecule has 3 unspecified atom stereocenters. The summed E-state index contributed by atoms with van der Waals surface area (Å²) in [6, 6.07) is 0. The molecule has 1 aliphatic carbocycles. The number of hydrogen-bond acceptors (Lipinski definition) is 0. The van der Waals surface area contributed by atoms with Gasteiger partial charge in [0.1, 0.15) is 7.28 Å². The summed E-state index contributed by atoms with van der Waals surface area (Å²) >= 11 is 0. The van der Waals surface area contributed by atoms with E-state index in [9.17, 15) is 0 Å². The molecule has 0 aromatic rings. The van der Waals surface area contributed by atoms with Crippen LogP contribution in [0.25, 0.3) is 0 Å². The molecule has 0 radical (unpaired) electrons. The van der Waals surface area contributed by atoms with Crippen molar-refractivity contribution in [3.8, 4) is 0 Å². The van der Waals surface area contributed by atoms with Crippen LogP contribution in [0.4, 0.5) is 0 Å². The van der Waals surface area contributed by atoms with Crippen molar-refractivity contribution >= 4 is 7.28 Å². The van der Waals surface area contributed by atoms with Crippen molar-refractivity contribution in [2.75, 3.05) is 0 Å². The lowest BCUT2D eigenvalue weighted by molar-refractivity contribution is -0.0539. The van der Waals surface area contributed by atoms with Gasteiger partial charge >= 0.3 is 0 Å². The molecule has 1 saturated heterocycles. The monoisotopic (exact) mass is 192 g/mol. The van der Waals surface area contributed by atoms with Gasteiger partial charge < -0.3 is 0 Å². The smallest absolute Gasteiger partial charge is 0.0646 e. The Morgan fingerprint density at radius 3 is 1.64 bits per heavy atom. The van der Waals surface area contributed by atoms with Crippen molar-refractivity contribution in [3.05, 3.63) is 0 Å². The zero-order valence-electron chi connectivity index (χ0n) is 11.0. The summed E-state index contributed by atoms with van der Waals surface area (Å²) in [7, 11) is 1.49. The fourth-order valence-corrected chi connectivity index (χ4v) is 4.52. The molecule has 1 aliphatic heterocycles. The van der Waals surface area contributed by atoms with E-state index in [1.165, 1.54) is 13.7 Å². The average Bonchev–Trinajstić information content (AvgIpc) is 2.52. The third-order valence-corrected chi connectivity index (χ3v) is 5.74. The molecule has 2 rings (SSSR count). The molecule has 0 spiro atoms. The van der Waals surface area contributed by atoms with Gasteiger partial charge in [-0.05, 0) is 21.6 Å². The zero-order valence-corrected chi connectivity index (χ0v) is 11.0. The maximum absolute atomic E-state index is 2.53. The Labute approximate surface area is 90.1 Å². The number of hydrogen-bond donors (Lipinski definition) is 0. The standard InChI is InChI=1S/C13H25B/c1-10(2,3)12(7)8-9-13(12,14-9)11(4,5)6/h9,14H,8H2,1-7H3. The van der Waals surface area contributed by atoms with Crippen LogP contribution in [0.5, 0.6) is 0 Å². The van der Waals surface area contributed by atoms with Gasteiger partial charge in [0.15, 0.2) is 0 Å². The molecule has 14 heavy (non-hydrogen) atoms. The summed E-state index contributed by atoms with van der Waals surface area (Å²) < 4.78 is 0. The minimum Gasteiger partial charge on any atom is -0.0646 e. The highest BCUT2D eigenvalue weighted by molar-refractivity contribution is 6.59. The van der Waals surface area contributed by atoms with Crippen molar-refractivity contribution in [2.24, 2.45) is 16.2 Å². The van der Waals surface area contributed by atoms with E-state index in [2.05, 4.69) is 48.5 Å². The topological polar surface area (TPSA) is 0 Å². The highest BCUT2D eigenvalue weighted by atomic mass is 14.7. The maximum atomic E-state index is 2.53. The predicted molar refractivity (Wildman–Crippen MR) is 65.2 cm³/mol. The second-order valence-electron chi connectivity index (χ2n) is 7.91. The Hall–Kier alpha value is 0.0649.